The van der Waals surface area contributed by atoms with E-state index in [0.29, 0.717) is 12.1 Å². The smallest absolute Gasteiger partial charge is 0.138 e. The van der Waals surface area contributed by atoms with Crippen LogP contribution >= 0.6 is 0 Å². The topological polar surface area (TPSA) is 58.5 Å². The highest BCUT2D eigenvalue weighted by atomic mass is 16.1. The molecule has 0 aromatic heterocycles. The van der Waals surface area contributed by atoms with E-state index in [2.05, 4.69) is 10.5 Å². The molecule has 2 radical (unpaired) electrons. The first kappa shape index (κ1) is 12.9. The Labute approximate surface area is 85.5 Å². The molecule has 0 spiro atoms. The van der Waals surface area contributed by atoms with Crippen LogP contribution in [0.5, 0.6) is 0 Å². The highest BCUT2D eigenvalue weighted by molar-refractivity contribution is 6.10. The summed E-state index contributed by atoms with van der Waals surface area (Å²) in [7, 11) is 5.18. The van der Waals surface area contributed by atoms with Crippen LogP contribution in [0, 0.1) is 0 Å². The molecule has 0 aromatic rings. The summed E-state index contributed by atoms with van der Waals surface area (Å²) in [5, 5.41) is 3.87. The van der Waals surface area contributed by atoms with Crippen molar-refractivity contribution in [1.82, 2.24) is 5.43 Å². The molecule has 0 heterocycles. The first-order valence-corrected chi connectivity index (χ1v) is 4.59. The molecule has 0 aliphatic rings. The Kier molecular flexibility index (Phi) is 6.71. The predicted molar refractivity (Wildman–Crippen MR) is 56.4 cm³/mol. The Morgan fingerprint density at radius 2 is 2.00 bits per heavy atom. The summed E-state index contributed by atoms with van der Waals surface area (Å²) >= 11 is 0. The lowest BCUT2D eigenvalue weighted by molar-refractivity contribution is -0.117. The number of hydrogen-bond acceptors (Lipinski definition) is 4. The summed E-state index contributed by atoms with van der Waals surface area (Å²) in [4.78, 5) is 22.0. The number of rotatable bonds is 7. The van der Waals surface area contributed by atoms with E-state index in [0.717, 1.165) is 0 Å². The second-order valence-electron chi connectivity index (χ2n) is 2.99. The minimum absolute atomic E-state index is 0.00789. The third-order valence-corrected chi connectivity index (χ3v) is 1.58. The van der Waals surface area contributed by atoms with Crippen LogP contribution in [-0.2, 0) is 9.59 Å². The number of carbonyl (C=O) groups excluding carboxylic acids is 2. The highest BCUT2D eigenvalue weighted by Crippen LogP contribution is 1.98. The molecular weight excluding hydrogens is 179 g/mol. The summed E-state index contributed by atoms with van der Waals surface area (Å²) in [6, 6.07) is 0. The lowest BCUT2D eigenvalue weighted by Gasteiger charge is -2.03. The van der Waals surface area contributed by atoms with E-state index in [-0.39, 0.29) is 30.9 Å². The molecule has 0 aliphatic carbocycles. The zero-order chi connectivity index (χ0) is 11.0. The normalized spacial score (nSPS) is 11.1. The molecule has 0 amide bonds. The van der Waals surface area contributed by atoms with Gasteiger partial charge in [-0.05, 0) is 13.4 Å². The molecule has 0 aliphatic heterocycles. The van der Waals surface area contributed by atoms with Gasteiger partial charge in [0.15, 0.2) is 0 Å². The van der Waals surface area contributed by atoms with Crippen molar-refractivity contribution in [2.45, 2.75) is 33.1 Å². The van der Waals surface area contributed by atoms with Crippen molar-refractivity contribution in [3.8, 4) is 0 Å². The molecule has 0 saturated carbocycles. The molecule has 0 unspecified atom stereocenters. The van der Waals surface area contributed by atoms with E-state index >= 15 is 0 Å². The maximum atomic E-state index is 11.1. The Hall–Kier alpha value is -1.13. The number of carbonyl (C=O) groups is 2. The maximum absolute atomic E-state index is 11.1. The molecule has 4 nitrogen and oxygen atoms in total. The van der Waals surface area contributed by atoms with Gasteiger partial charge in [-0.25, -0.2) is 0 Å². The zero-order valence-electron chi connectivity index (χ0n) is 8.67. The molecule has 5 heteroatoms. The SMILES string of the molecule is [B]CN/N=C(/CC(C)=O)CC(=O)CC. The van der Waals surface area contributed by atoms with Gasteiger partial charge in [-0.15, -0.1) is 0 Å². The van der Waals surface area contributed by atoms with Crippen LogP contribution in [0.2, 0.25) is 0 Å². The van der Waals surface area contributed by atoms with Gasteiger partial charge in [0, 0.05) is 19.3 Å². The number of ketones is 2. The lowest BCUT2D eigenvalue weighted by atomic mass is 10.1. The number of hydrogen-bond donors (Lipinski definition) is 1. The highest BCUT2D eigenvalue weighted by Gasteiger charge is 2.08. The zero-order valence-corrected chi connectivity index (χ0v) is 8.67. The van der Waals surface area contributed by atoms with Gasteiger partial charge in [0.05, 0.1) is 13.6 Å². The average Bonchev–Trinajstić information content (AvgIpc) is 2.13. The molecule has 1 N–H and O–H groups in total. The van der Waals surface area contributed by atoms with Crippen LogP contribution in [0.4, 0.5) is 0 Å². The lowest BCUT2D eigenvalue weighted by Crippen LogP contribution is -2.16. The van der Waals surface area contributed by atoms with E-state index in [1.54, 1.807) is 6.92 Å². The van der Waals surface area contributed by atoms with Crippen molar-refractivity contribution >= 4 is 25.1 Å². The Morgan fingerprint density at radius 3 is 2.43 bits per heavy atom. The van der Waals surface area contributed by atoms with Crippen LogP contribution < -0.4 is 5.43 Å². The minimum Gasteiger partial charge on any atom is -0.319 e. The van der Waals surface area contributed by atoms with Gasteiger partial charge in [-0.2, -0.15) is 5.10 Å². The van der Waals surface area contributed by atoms with Gasteiger partial charge in [0.2, 0.25) is 0 Å². The number of nitrogens with one attached hydrogen (secondary N) is 1. The maximum Gasteiger partial charge on any atom is 0.138 e. The van der Waals surface area contributed by atoms with Crippen LogP contribution in [0.25, 0.3) is 0 Å². The fourth-order valence-corrected chi connectivity index (χ4v) is 0.939. The number of hydrazone groups is 1. The van der Waals surface area contributed by atoms with Gasteiger partial charge in [0.1, 0.15) is 11.6 Å². The molecule has 0 saturated heterocycles. The number of nitrogens with zero attached hydrogens (tertiary/aromatic N) is 1. The largest absolute Gasteiger partial charge is 0.319 e. The van der Waals surface area contributed by atoms with E-state index in [9.17, 15) is 9.59 Å². The van der Waals surface area contributed by atoms with E-state index in [1.807, 2.05) is 0 Å². The predicted octanol–water partition coefficient (Wildman–Crippen LogP) is 0.406. The molecule has 0 atom stereocenters. The van der Waals surface area contributed by atoms with Crippen LogP contribution in [0.1, 0.15) is 33.1 Å². The fraction of sp³-hybridized carbons (Fsp3) is 0.667. The summed E-state index contributed by atoms with van der Waals surface area (Å²) in [5.74, 6) is 0.0651. The molecule has 0 rings (SSSR count). The minimum atomic E-state index is -0.00789. The Morgan fingerprint density at radius 1 is 1.36 bits per heavy atom. The summed E-state index contributed by atoms with van der Waals surface area (Å²) in [6.45, 7) is 3.25. The van der Waals surface area contributed by atoms with Gasteiger partial charge in [-0.1, -0.05) is 6.92 Å². The van der Waals surface area contributed by atoms with Crippen molar-refractivity contribution in [3.05, 3.63) is 0 Å². The second-order valence-corrected chi connectivity index (χ2v) is 2.99. The van der Waals surface area contributed by atoms with Crippen molar-refractivity contribution in [1.29, 1.82) is 0 Å². The van der Waals surface area contributed by atoms with Crippen molar-refractivity contribution in [3.63, 3.8) is 0 Å². The summed E-state index contributed by atoms with van der Waals surface area (Å²) in [5.41, 5.74) is 3.10. The molecular formula is C9H15BN2O2. The second kappa shape index (κ2) is 7.29. The Bertz CT molecular complexity index is 239. The third-order valence-electron chi connectivity index (χ3n) is 1.58. The molecule has 0 aromatic carbocycles. The quantitative estimate of drug-likeness (QED) is 0.362. The van der Waals surface area contributed by atoms with Crippen LogP contribution in [0.3, 0.4) is 0 Å². The van der Waals surface area contributed by atoms with Gasteiger partial charge < -0.3 is 5.43 Å². The Balaban J connectivity index is 4.24. The summed E-state index contributed by atoms with van der Waals surface area (Å²) < 4.78 is 0. The first-order valence-electron chi connectivity index (χ1n) is 4.59. The van der Waals surface area contributed by atoms with Crippen LogP contribution in [0.15, 0.2) is 5.10 Å². The van der Waals surface area contributed by atoms with Crippen molar-refractivity contribution in [2.75, 3.05) is 6.44 Å². The molecule has 0 fully saturated rings. The van der Waals surface area contributed by atoms with E-state index in [4.69, 9.17) is 7.85 Å². The third kappa shape index (κ3) is 6.40. The van der Waals surface area contributed by atoms with E-state index < -0.39 is 0 Å². The van der Waals surface area contributed by atoms with Gasteiger partial charge in [0.25, 0.3) is 0 Å². The van der Waals surface area contributed by atoms with Crippen molar-refractivity contribution < 1.29 is 9.59 Å². The average molecular weight is 194 g/mol. The number of Topliss-reactive ketones (excluding diaryl/α,β-unsaturated/α-hetero) is 2. The summed E-state index contributed by atoms with van der Waals surface area (Å²) in [6.07, 6.45) is 1.09. The fourth-order valence-electron chi connectivity index (χ4n) is 0.939. The van der Waals surface area contributed by atoms with E-state index in [1.165, 1.54) is 6.92 Å². The van der Waals surface area contributed by atoms with Gasteiger partial charge >= 0.3 is 0 Å². The van der Waals surface area contributed by atoms with Gasteiger partial charge in [-0.3, -0.25) is 9.59 Å². The van der Waals surface area contributed by atoms with Crippen molar-refractivity contribution in [2.24, 2.45) is 5.10 Å². The monoisotopic (exact) mass is 194 g/mol. The standard InChI is InChI=1S/C9H15BN2O2/c1-3-9(14)5-8(4-7(2)13)12-11-6-10/h11H,3-6H2,1-2H3/b12-8-. The molecule has 14 heavy (non-hydrogen) atoms. The first-order chi connectivity index (χ1) is 6.60. The van der Waals surface area contributed by atoms with Crippen LogP contribution in [-0.4, -0.2) is 31.6 Å². The molecule has 76 valence electrons. The molecule has 0 bridgehead atoms.